The molecular weight excluding hydrogens is 417 g/mol. The number of hydrogen-bond acceptors (Lipinski definition) is 5. The minimum atomic E-state index is 0. The highest BCUT2D eigenvalue weighted by Gasteiger charge is 2.26. The molecule has 0 spiro atoms. The first kappa shape index (κ1) is 24.7. The van der Waals surface area contributed by atoms with E-state index in [2.05, 4.69) is 17.2 Å². The molecule has 1 aliphatic rings. The summed E-state index contributed by atoms with van der Waals surface area (Å²) in [6.07, 6.45) is 2.40. The predicted octanol–water partition coefficient (Wildman–Crippen LogP) is 4.20. The van der Waals surface area contributed by atoms with Crippen LogP contribution < -0.4 is 10.1 Å². The van der Waals surface area contributed by atoms with E-state index in [0.29, 0.717) is 19.1 Å². The van der Waals surface area contributed by atoms with Crippen molar-refractivity contribution < 1.29 is 9.53 Å². The number of carbonyl (C=O) groups excluding carboxylic acids is 1. The summed E-state index contributed by atoms with van der Waals surface area (Å²) in [4.78, 5) is 19.5. The quantitative estimate of drug-likeness (QED) is 0.661. The third kappa shape index (κ3) is 6.34. The smallest absolute Gasteiger partial charge is 0.228 e. The fourth-order valence-electron chi connectivity index (χ4n) is 3.29. The van der Waals surface area contributed by atoms with Crippen LogP contribution >= 0.6 is 36.2 Å². The third-order valence-corrected chi connectivity index (χ3v) is 5.50. The molecule has 1 amide bonds. The van der Waals surface area contributed by atoms with Crippen molar-refractivity contribution in [3.05, 3.63) is 35.3 Å². The summed E-state index contributed by atoms with van der Waals surface area (Å²) in [5, 5.41) is 6.30. The van der Waals surface area contributed by atoms with Gasteiger partial charge >= 0.3 is 0 Å². The minimum Gasteiger partial charge on any atom is -0.494 e. The van der Waals surface area contributed by atoms with Crippen molar-refractivity contribution in [1.29, 1.82) is 0 Å². The van der Waals surface area contributed by atoms with Crippen LogP contribution in [0, 0.1) is 0 Å². The van der Waals surface area contributed by atoms with Crippen molar-refractivity contribution >= 4 is 42.1 Å². The third-order valence-electron chi connectivity index (χ3n) is 4.56. The Kier molecular flexibility index (Phi) is 10.8. The van der Waals surface area contributed by atoms with E-state index in [-0.39, 0.29) is 30.7 Å². The number of nitrogens with one attached hydrogen (secondary N) is 1. The number of nitrogens with zero attached hydrogens (tertiary/aromatic N) is 2. The Morgan fingerprint density at radius 3 is 2.64 bits per heavy atom. The number of halogens is 2. The van der Waals surface area contributed by atoms with Gasteiger partial charge in [-0.25, -0.2) is 4.98 Å². The van der Waals surface area contributed by atoms with Gasteiger partial charge in [-0.05, 0) is 50.6 Å². The summed E-state index contributed by atoms with van der Waals surface area (Å²) >= 11 is 1.59. The fourth-order valence-corrected chi connectivity index (χ4v) is 4.12. The molecule has 1 aromatic carbocycles. The van der Waals surface area contributed by atoms with Crippen LogP contribution in [0.15, 0.2) is 29.6 Å². The van der Waals surface area contributed by atoms with Gasteiger partial charge in [0.1, 0.15) is 10.8 Å². The normalized spacial score (nSPS) is 15.4. The Labute approximate surface area is 183 Å². The van der Waals surface area contributed by atoms with Gasteiger partial charge in [0, 0.05) is 30.1 Å². The number of rotatable bonds is 8. The molecule has 1 atom stereocenters. The average molecular weight is 446 g/mol. The van der Waals surface area contributed by atoms with Crippen LogP contribution in [0.25, 0.3) is 10.6 Å². The van der Waals surface area contributed by atoms with Gasteiger partial charge in [0.05, 0.1) is 18.7 Å². The van der Waals surface area contributed by atoms with Gasteiger partial charge in [0.15, 0.2) is 0 Å². The number of thiazole rings is 1. The summed E-state index contributed by atoms with van der Waals surface area (Å²) in [5.74, 6) is 1.05. The van der Waals surface area contributed by atoms with Crippen molar-refractivity contribution in [2.24, 2.45) is 0 Å². The molecule has 1 N–H and O–H groups in total. The van der Waals surface area contributed by atoms with Crippen LogP contribution in [-0.2, 0) is 11.2 Å². The van der Waals surface area contributed by atoms with Crippen molar-refractivity contribution in [3.8, 4) is 16.3 Å². The zero-order valence-electron chi connectivity index (χ0n) is 16.3. The van der Waals surface area contributed by atoms with E-state index in [0.717, 1.165) is 54.5 Å². The van der Waals surface area contributed by atoms with Crippen molar-refractivity contribution in [3.63, 3.8) is 0 Å². The maximum Gasteiger partial charge on any atom is 0.228 e. The Balaban J connectivity index is 0.00000196. The van der Waals surface area contributed by atoms with Crippen molar-refractivity contribution in [2.75, 3.05) is 26.2 Å². The highest BCUT2D eigenvalue weighted by atomic mass is 35.5. The Morgan fingerprint density at radius 1 is 1.29 bits per heavy atom. The fraction of sp³-hybridized carbons (Fsp3) is 0.500. The van der Waals surface area contributed by atoms with Gasteiger partial charge in [-0.2, -0.15) is 0 Å². The lowest BCUT2D eigenvalue weighted by Gasteiger charge is -2.28. The number of benzene rings is 1. The molecule has 5 nitrogen and oxygen atoms in total. The van der Waals surface area contributed by atoms with E-state index in [1.54, 1.807) is 11.3 Å². The Bertz CT molecular complexity index is 718. The standard InChI is InChI=1S/C20H27N3O2S.2ClH/c1-3-11-23(17-9-10-21-13-17)19(24)12-16-14-26-20(22-16)15-5-7-18(8-6-15)25-4-2;;/h5-8,14,17,21H,3-4,9-13H2,1-2H3;2*1H. The molecule has 0 aliphatic carbocycles. The van der Waals surface area contributed by atoms with Gasteiger partial charge in [0.2, 0.25) is 5.91 Å². The first-order valence-corrected chi connectivity index (χ1v) is 10.3. The summed E-state index contributed by atoms with van der Waals surface area (Å²) in [7, 11) is 0. The lowest BCUT2D eigenvalue weighted by atomic mass is 10.1. The first-order valence-electron chi connectivity index (χ1n) is 9.39. The van der Waals surface area contributed by atoms with Crippen LogP contribution in [-0.4, -0.2) is 48.1 Å². The zero-order chi connectivity index (χ0) is 18.4. The summed E-state index contributed by atoms with van der Waals surface area (Å²) in [6, 6.07) is 8.28. The van der Waals surface area contributed by atoms with Gasteiger partial charge in [-0.3, -0.25) is 4.79 Å². The summed E-state index contributed by atoms with van der Waals surface area (Å²) in [5.41, 5.74) is 1.92. The van der Waals surface area contributed by atoms with Crippen LogP contribution in [0.1, 0.15) is 32.4 Å². The second kappa shape index (κ2) is 12.3. The molecule has 28 heavy (non-hydrogen) atoms. The average Bonchev–Trinajstić information content (AvgIpc) is 3.32. The van der Waals surface area contributed by atoms with E-state index >= 15 is 0 Å². The number of aromatic nitrogens is 1. The van der Waals surface area contributed by atoms with Gasteiger partial charge < -0.3 is 15.0 Å². The minimum absolute atomic E-state index is 0. The number of amides is 1. The van der Waals surface area contributed by atoms with E-state index < -0.39 is 0 Å². The molecule has 2 heterocycles. The zero-order valence-corrected chi connectivity index (χ0v) is 18.8. The topological polar surface area (TPSA) is 54.5 Å². The largest absolute Gasteiger partial charge is 0.494 e. The molecule has 156 valence electrons. The van der Waals surface area contributed by atoms with E-state index in [9.17, 15) is 4.79 Å². The Hall–Kier alpha value is -1.34. The van der Waals surface area contributed by atoms with Gasteiger partial charge in [-0.1, -0.05) is 6.92 Å². The van der Waals surface area contributed by atoms with Gasteiger partial charge in [-0.15, -0.1) is 36.2 Å². The predicted molar refractivity (Wildman–Crippen MR) is 120 cm³/mol. The van der Waals surface area contributed by atoms with Crippen LogP contribution in [0.4, 0.5) is 0 Å². The molecule has 1 fully saturated rings. The molecule has 0 bridgehead atoms. The van der Waals surface area contributed by atoms with Crippen LogP contribution in [0.2, 0.25) is 0 Å². The molecule has 1 aromatic heterocycles. The molecule has 1 unspecified atom stereocenters. The molecule has 1 aliphatic heterocycles. The maximum atomic E-state index is 12.8. The van der Waals surface area contributed by atoms with Crippen molar-refractivity contribution in [2.45, 2.75) is 39.2 Å². The van der Waals surface area contributed by atoms with Crippen LogP contribution in [0.5, 0.6) is 5.75 Å². The second-order valence-corrected chi connectivity index (χ2v) is 7.37. The molecule has 0 saturated carbocycles. The summed E-state index contributed by atoms with van der Waals surface area (Å²) in [6.45, 7) is 7.47. The second-order valence-electron chi connectivity index (χ2n) is 6.51. The first-order chi connectivity index (χ1) is 12.7. The van der Waals surface area contributed by atoms with Gasteiger partial charge in [0.25, 0.3) is 0 Å². The highest BCUT2D eigenvalue weighted by Crippen LogP contribution is 2.26. The highest BCUT2D eigenvalue weighted by molar-refractivity contribution is 7.13. The molecular formula is C20H29Cl2N3O2S. The maximum absolute atomic E-state index is 12.8. The Morgan fingerprint density at radius 2 is 2.04 bits per heavy atom. The molecule has 3 rings (SSSR count). The number of carbonyl (C=O) groups is 1. The van der Waals surface area contributed by atoms with Crippen molar-refractivity contribution in [1.82, 2.24) is 15.2 Å². The molecule has 8 heteroatoms. The summed E-state index contributed by atoms with van der Waals surface area (Å²) < 4.78 is 5.48. The molecule has 2 aromatic rings. The molecule has 1 saturated heterocycles. The van der Waals surface area contributed by atoms with E-state index in [4.69, 9.17) is 4.74 Å². The lowest BCUT2D eigenvalue weighted by Crippen LogP contribution is -2.42. The van der Waals surface area contributed by atoms with E-state index in [1.165, 1.54) is 0 Å². The lowest BCUT2D eigenvalue weighted by molar-refractivity contribution is -0.132. The monoisotopic (exact) mass is 445 g/mol. The number of hydrogen-bond donors (Lipinski definition) is 1. The molecule has 0 radical (unpaired) electrons. The van der Waals surface area contributed by atoms with E-state index in [1.807, 2.05) is 41.5 Å². The van der Waals surface area contributed by atoms with Crippen LogP contribution in [0.3, 0.4) is 0 Å². The number of ether oxygens (including phenoxy) is 1. The SMILES string of the molecule is CCCN(C(=O)Cc1csc(-c2ccc(OCC)cc2)n1)C1CCNC1.Cl.Cl.